The molecule has 0 spiro atoms. The molecule has 0 saturated heterocycles. The standard InChI is InChI=1S/C15H16O3/c1-10-4-7-13-11(8-10)5-6-12(15(13)18-3)9-14(16)17-2/h4-8H,9H2,1-3H3. The minimum atomic E-state index is -0.264. The van der Waals surface area contributed by atoms with Gasteiger partial charge in [-0.15, -0.1) is 0 Å². The predicted octanol–water partition coefficient (Wildman–Crippen LogP) is 2.87. The summed E-state index contributed by atoms with van der Waals surface area (Å²) in [5.41, 5.74) is 2.05. The molecule has 0 aliphatic heterocycles. The van der Waals surface area contributed by atoms with E-state index < -0.39 is 0 Å². The average Bonchev–Trinajstić information content (AvgIpc) is 2.38. The molecule has 3 nitrogen and oxygen atoms in total. The fourth-order valence-electron chi connectivity index (χ4n) is 2.07. The maximum Gasteiger partial charge on any atom is 0.310 e. The lowest BCUT2D eigenvalue weighted by molar-refractivity contribution is -0.139. The molecule has 0 fully saturated rings. The second-order valence-electron chi connectivity index (χ2n) is 4.24. The third-order valence-corrected chi connectivity index (χ3v) is 2.97. The Labute approximate surface area is 106 Å². The summed E-state index contributed by atoms with van der Waals surface area (Å²) < 4.78 is 10.1. The third-order valence-electron chi connectivity index (χ3n) is 2.97. The van der Waals surface area contributed by atoms with Crippen molar-refractivity contribution in [3.63, 3.8) is 0 Å². The van der Waals surface area contributed by atoms with Crippen LogP contribution in [0.4, 0.5) is 0 Å². The molecule has 0 saturated carbocycles. The van der Waals surface area contributed by atoms with Gasteiger partial charge >= 0.3 is 5.97 Å². The molecule has 94 valence electrons. The Morgan fingerprint density at radius 3 is 2.61 bits per heavy atom. The van der Waals surface area contributed by atoms with Crippen LogP contribution in [0.2, 0.25) is 0 Å². The third kappa shape index (κ3) is 2.30. The van der Waals surface area contributed by atoms with Gasteiger partial charge in [-0.3, -0.25) is 4.79 Å². The molecule has 0 radical (unpaired) electrons. The van der Waals surface area contributed by atoms with Crippen LogP contribution in [0.25, 0.3) is 10.8 Å². The summed E-state index contributed by atoms with van der Waals surface area (Å²) in [5.74, 6) is 0.484. The number of carbonyl (C=O) groups excluding carboxylic acids is 1. The number of benzene rings is 2. The van der Waals surface area contributed by atoms with Crippen LogP contribution in [0.3, 0.4) is 0 Å². The first-order valence-electron chi connectivity index (χ1n) is 5.78. The van der Waals surface area contributed by atoms with E-state index in [1.165, 1.54) is 12.7 Å². The van der Waals surface area contributed by atoms with Crippen molar-refractivity contribution in [1.82, 2.24) is 0 Å². The largest absolute Gasteiger partial charge is 0.496 e. The predicted molar refractivity (Wildman–Crippen MR) is 71.0 cm³/mol. The monoisotopic (exact) mass is 244 g/mol. The fourth-order valence-corrected chi connectivity index (χ4v) is 2.07. The van der Waals surface area contributed by atoms with Crippen molar-refractivity contribution in [1.29, 1.82) is 0 Å². The van der Waals surface area contributed by atoms with Crippen LogP contribution in [-0.4, -0.2) is 20.2 Å². The summed E-state index contributed by atoms with van der Waals surface area (Å²) in [4.78, 5) is 11.4. The minimum Gasteiger partial charge on any atom is -0.496 e. The second kappa shape index (κ2) is 5.08. The average molecular weight is 244 g/mol. The fraction of sp³-hybridized carbons (Fsp3) is 0.267. The number of hydrogen-bond donors (Lipinski definition) is 0. The van der Waals surface area contributed by atoms with Crippen molar-refractivity contribution in [2.75, 3.05) is 14.2 Å². The lowest BCUT2D eigenvalue weighted by Crippen LogP contribution is -2.06. The highest BCUT2D eigenvalue weighted by molar-refractivity contribution is 5.91. The molecular formula is C15H16O3. The molecule has 0 aromatic heterocycles. The molecule has 0 unspecified atom stereocenters. The van der Waals surface area contributed by atoms with E-state index in [1.54, 1.807) is 7.11 Å². The molecule has 0 amide bonds. The molecular weight excluding hydrogens is 228 g/mol. The summed E-state index contributed by atoms with van der Waals surface area (Å²) in [7, 11) is 3.01. The van der Waals surface area contributed by atoms with Gasteiger partial charge in [-0.1, -0.05) is 35.9 Å². The molecule has 0 N–H and O–H groups in total. The van der Waals surface area contributed by atoms with E-state index in [2.05, 4.69) is 6.07 Å². The van der Waals surface area contributed by atoms with Crippen molar-refractivity contribution in [3.05, 3.63) is 41.5 Å². The Kier molecular flexibility index (Phi) is 3.51. The van der Waals surface area contributed by atoms with Crippen LogP contribution in [-0.2, 0) is 16.0 Å². The van der Waals surface area contributed by atoms with Gasteiger partial charge in [-0.2, -0.15) is 0 Å². The molecule has 0 aliphatic rings. The Balaban J connectivity index is 2.55. The van der Waals surface area contributed by atoms with Crippen LogP contribution in [0.5, 0.6) is 5.75 Å². The van der Waals surface area contributed by atoms with E-state index in [0.29, 0.717) is 0 Å². The maximum absolute atomic E-state index is 11.4. The number of aryl methyl sites for hydroxylation is 1. The number of ether oxygens (including phenoxy) is 2. The lowest BCUT2D eigenvalue weighted by Gasteiger charge is -2.11. The van der Waals surface area contributed by atoms with E-state index >= 15 is 0 Å². The number of rotatable bonds is 3. The zero-order valence-corrected chi connectivity index (χ0v) is 10.8. The summed E-state index contributed by atoms with van der Waals surface area (Å²) in [6.45, 7) is 2.05. The topological polar surface area (TPSA) is 35.5 Å². The number of fused-ring (bicyclic) bond motifs is 1. The number of hydrogen-bond acceptors (Lipinski definition) is 3. The number of carbonyl (C=O) groups is 1. The second-order valence-corrected chi connectivity index (χ2v) is 4.24. The molecule has 2 aromatic rings. The molecule has 0 heterocycles. The van der Waals surface area contributed by atoms with E-state index in [4.69, 9.17) is 9.47 Å². The molecule has 0 bridgehead atoms. The van der Waals surface area contributed by atoms with E-state index in [9.17, 15) is 4.79 Å². The molecule has 2 rings (SSSR count). The normalized spacial score (nSPS) is 10.4. The minimum absolute atomic E-state index is 0.226. The van der Waals surface area contributed by atoms with Crippen molar-refractivity contribution in [3.8, 4) is 5.75 Å². The van der Waals surface area contributed by atoms with Gasteiger partial charge in [0, 0.05) is 10.9 Å². The SMILES string of the molecule is COC(=O)Cc1ccc2cc(C)ccc2c1OC. The van der Waals surface area contributed by atoms with Gasteiger partial charge in [0.25, 0.3) is 0 Å². The first-order chi connectivity index (χ1) is 8.65. The summed E-state index contributed by atoms with van der Waals surface area (Å²) in [6, 6.07) is 10.1. The summed E-state index contributed by atoms with van der Waals surface area (Å²) in [6.07, 6.45) is 0.226. The maximum atomic E-state index is 11.4. The quantitative estimate of drug-likeness (QED) is 0.779. The summed E-state index contributed by atoms with van der Waals surface area (Å²) in [5, 5.41) is 2.13. The van der Waals surface area contributed by atoms with Crippen molar-refractivity contribution in [2.24, 2.45) is 0 Å². The molecule has 18 heavy (non-hydrogen) atoms. The highest BCUT2D eigenvalue weighted by Crippen LogP contribution is 2.30. The highest BCUT2D eigenvalue weighted by atomic mass is 16.5. The zero-order valence-electron chi connectivity index (χ0n) is 10.8. The smallest absolute Gasteiger partial charge is 0.310 e. The van der Waals surface area contributed by atoms with Crippen LogP contribution in [0.15, 0.2) is 30.3 Å². The summed E-state index contributed by atoms with van der Waals surface area (Å²) >= 11 is 0. The Morgan fingerprint density at radius 2 is 1.94 bits per heavy atom. The van der Waals surface area contributed by atoms with E-state index in [-0.39, 0.29) is 12.4 Å². The van der Waals surface area contributed by atoms with E-state index in [0.717, 1.165) is 22.1 Å². The number of esters is 1. The van der Waals surface area contributed by atoms with Crippen LogP contribution in [0, 0.1) is 6.92 Å². The van der Waals surface area contributed by atoms with Crippen molar-refractivity contribution >= 4 is 16.7 Å². The van der Waals surface area contributed by atoms with Crippen LogP contribution >= 0.6 is 0 Å². The van der Waals surface area contributed by atoms with Gasteiger partial charge in [-0.05, 0) is 12.3 Å². The van der Waals surface area contributed by atoms with Crippen LogP contribution < -0.4 is 4.74 Å². The van der Waals surface area contributed by atoms with Crippen molar-refractivity contribution < 1.29 is 14.3 Å². The molecule has 3 heteroatoms. The zero-order chi connectivity index (χ0) is 13.1. The van der Waals surface area contributed by atoms with Gasteiger partial charge in [0.1, 0.15) is 5.75 Å². The van der Waals surface area contributed by atoms with Crippen LogP contribution in [0.1, 0.15) is 11.1 Å². The van der Waals surface area contributed by atoms with Gasteiger partial charge in [0.05, 0.1) is 20.6 Å². The Bertz CT molecular complexity index is 588. The van der Waals surface area contributed by atoms with E-state index in [1.807, 2.05) is 31.2 Å². The van der Waals surface area contributed by atoms with Gasteiger partial charge in [-0.25, -0.2) is 0 Å². The van der Waals surface area contributed by atoms with Gasteiger partial charge in [0.2, 0.25) is 0 Å². The molecule has 0 atom stereocenters. The molecule has 2 aromatic carbocycles. The lowest BCUT2D eigenvalue weighted by atomic mass is 10.0. The highest BCUT2D eigenvalue weighted by Gasteiger charge is 2.12. The molecule has 0 aliphatic carbocycles. The van der Waals surface area contributed by atoms with Gasteiger partial charge in [0.15, 0.2) is 0 Å². The Hall–Kier alpha value is -2.03. The first-order valence-corrected chi connectivity index (χ1v) is 5.78. The number of methoxy groups -OCH3 is 2. The Morgan fingerprint density at radius 1 is 1.17 bits per heavy atom. The van der Waals surface area contributed by atoms with Crippen molar-refractivity contribution in [2.45, 2.75) is 13.3 Å². The van der Waals surface area contributed by atoms with Gasteiger partial charge < -0.3 is 9.47 Å². The first kappa shape index (κ1) is 12.4.